The molecule has 0 saturated heterocycles. The predicted octanol–water partition coefficient (Wildman–Crippen LogP) is 3.74. The maximum absolute atomic E-state index is 5.63. The van der Waals surface area contributed by atoms with Crippen LogP contribution >= 0.6 is 20.7 Å². The first-order valence-electron chi connectivity index (χ1n) is 4.62. The Hall–Kier alpha value is -0.280. The third-order valence-corrected chi connectivity index (χ3v) is 3.79. The van der Waals surface area contributed by atoms with Crippen LogP contribution in [0, 0.1) is 0 Å². The molecular formula is C11H18OS2. The summed E-state index contributed by atoms with van der Waals surface area (Å²) in [5.41, 5.74) is 0. The van der Waals surface area contributed by atoms with Crippen LogP contribution in [0.15, 0.2) is 29.2 Å². The van der Waals surface area contributed by atoms with Crippen molar-refractivity contribution in [2.45, 2.75) is 24.8 Å². The number of hydrogen-bond acceptors (Lipinski definition) is 2. The molecule has 0 spiro atoms. The van der Waals surface area contributed by atoms with Crippen molar-refractivity contribution in [3.8, 4) is 5.75 Å². The number of rotatable bonds is 3. The van der Waals surface area contributed by atoms with E-state index in [9.17, 15) is 0 Å². The van der Waals surface area contributed by atoms with Crippen molar-refractivity contribution >= 4 is 20.7 Å². The van der Waals surface area contributed by atoms with Gasteiger partial charge in [0.05, 0.1) is 6.10 Å². The third kappa shape index (κ3) is 3.46. The fourth-order valence-corrected chi connectivity index (χ4v) is 2.29. The Morgan fingerprint density at radius 1 is 1.29 bits per heavy atom. The van der Waals surface area contributed by atoms with E-state index >= 15 is 0 Å². The van der Waals surface area contributed by atoms with E-state index in [0.29, 0.717) is 0 Å². The van der Waals surface area contributed by atoms with Crippen LogP contribution < -0.4 is 4.74 Å². The maximum Gasteiger partial charge on any atom is 0.120 e. The number of ether oxygens (including phenoxy) is 1. The molecule has 1 aromatic rings. The van der Waals surface area contributed by atoms with Gasteiger partial charge in [0.1, 0.15) is 5.75 Å². The highest BCUT2D eigenvalue weighted by atomic mass is 33.1. The minimum atomic E-state index is -0.947. The molecule has 0 radical (unpaired) electrons. The summed E-state index contributed by atoms with van der Waals surface area (Å²) in [4.78, 5) is 1.26. The Morgan fingerprint density at radius 2 is 1.93 bits per heavy atom. The molecule has 0 aromatic heterocycles. The zero-order valence-electron chi connectivity index (χ0n) is 9.15. The monoisotopic (exact) mass is 230 g/mol. The first-order chi connectivity index (χ1) is 6.39. The molecule has 0 saturated carbocycles. The van der Waals surface area contributed by atoms with Crippen LogP contribution in [-0.2, 0) is 0 Å². The van der Waals surface area contributed by atoms with Crippen molar-refractivity contribution < 1.29 is 4.74 Å². The zero-order valence-corrected chi connectivity index (χ0v) is 10.9. The van der Waals surface area contributed by atoms with Gasteiger partial charge in [0.2, 0.25) is 0 Å². The molecule has 0 heterocycles. The lowest BCUT2D eigenvalue weighted by Gasteiger charge is -2.25. The average Bonchev–Trinajstić information content (AvgIpc) is 2.01. The number of thiol groups is 1. The number of hydrogen-bond donors (Lipinski definition) is 1. The molecule has 0 atom stereocenters. The van der Waals surface area contributed by atoms with Crippen LogP contribution in [0.5, 0.6) is 5.75 Å². The van der Waals surface area contributed by atoms with E-state index in [4.69, 9.17) is 4.74 Å². The van der Waals surface area contributed by atoms with Crippen molar-refractivity contribution in [3.05, 3.63) is 24.3 Å². The Labute approximate surface area is 93.0 Å². The lowest BCUT2D eigenvalue weighted by atomic mass is 10.3. The highest BCUT2D eigenvalue weighted by Gasteiger charge is 2.09. The molecule has 1 nitrogen and oxygen atoms in total. The standard InChI is InChI=1S/C11H18OS2/c1-9(2)12-10-6-5-7-11(8-10)14(3,4)13/h5-9,13H,1-4H3. The largest absolute Gasteiger partial charge is 0.491 e. The van der Waals surface area contributed by atoms with Gasteiger partial charge in [-0.05, 0) is 44.6 Å². The van der Waals surface area contributed by atoms with Crippen molar-refractivity contribution in [2.75, 3.05) is 12.5 Å². The fraction of sp³-hybridized carbons (Fsp3) is 0.455. The minimum Gasteiger partial charge on any atom is -0.491 e. The quantitative estimate of drug-likeness (QED) is 0.615. The molecule has 3 heteroatoms. The van der Waals surface area contributed by atoms with Crippen LogP contribution in [0.2, 0.25) is 0 Å². The van der Waals surface area contributed by atoms with Gasteiger partial charge in [0, 0.05) is 4.90 Å². The molecule has 0 amide bonds. The van der Waals surface area contributed by atoms with Crippen molar-refractivity contribution in [1.82, 2.24) is 0 Å². The van der Waals surface area contributed by atoms with E-state index in [1.807, 2.05) is 26.0 Å². The molecule has 0 bridgehead atoms. The molecule has 1 rings (SSSR count). The number of benzene rings is 1. The Morgan fingerprint density at radius 3 is 2.43 bits per heavy atom. The van der Waals surface area contributed by atoms with E-state index < -0.39 is 9.06 Å². The first kappa shape index (κ1) is 11.8. The summed E-state index contributed by atoms with van der Waals surface area (Å²) < 4.78 is 5.63. The second kappa shape index (κ2) is 4.49. The van der Waals surface area contributed by atoms with Crippen LogP contribution in [-0.4, -0.2) is 18.6 Å². The second-order valence-corrected chi connectivity index (χ2v) is 9.67. The van der Waals surface area contributed by atoms with E-state index in [1.54, 1.807) is 0 Å². The molecule has 80 valence electrons. The summed E-state index contributed by atoms with van der Waals surface area (Å²) in [6, 6.07) is 8.21. The van der Waals surface area contributed by atoms with E-state index in [1.165, 1.54) is 4.90 Å². The highest BCUT2D eigenvalue weighted by molar-refractivity contribution is 8.87. The molecule has 0 N–H and O–H groups in total. The molecule has 1 aromatic carbocycles. The lowest BCUT2D eigenvalue weighted by Crippen LogP contribution is -2.05. The van der Waals surface area contributed by atoms with Crippen molar-refractivity contribution in [1.29, 1.82) is 0 Å². The summed E-state index contributed by atoms with van der Waals surface area (Å²) in [6.45, 7) is 4.07. The van der Waals surface area contributed by atoms with Gasteiger partial charge < -0.3 is 4.74 Å². The van der Waals surface area contributed by atoms with Gasteiger partial charge in [-0.25, -0.2) is 0 Å². The SMILES string of the molecule is CC(C)Oc1cccc(S(C)(C)S)c1. The Bertz CT molecular complexity index is 302. The van der Waals surface area contributed by atoms with Crippen LogP contribution in [0.25, 0.3) is 0 Å². The minimum absolute atomic E-state index is 0.225. The second-order valence-electron chi connectivity index (χ2n) is 3.91. The predicted molar refractivity (Wildman–Crippen MR) is 68.9 cm³/mol. The molecule has 0 unspecified atom stereocenters. The molecule has 0 aliphatic carbocycles. The van der Waals surface area contributed by atoms with Crippen LogP contribution in [0.3, 0.4) is 0 Å². The average molecular weight is 230 g/mol. The smallest absolute Gasteiger partial charge is 0.120 e. The Kier molecular flexibility index (Phi) is 3.78. The Balaban J connectivity index is 2.90. The lowest BCUT2D eigenvalue weighted by molar-refractivity contribution is 0.242. The summed E-state index contributed by atoms with van der Waals surface area (Å²) in [5, 5.41) is 0. The van der Waals surface area contributed by atoms with Gasteiger partial charge in [-0.15, -0.1) is 11.7 Å². The molecule has 0 aliphatic rings. The van der Waals surface area contributed by atoms with Crippen molar-refractivity contribution in [3.63, 3.8) is 0 Å². The molecule has 14 heavy (non-hydrogen) atoms. The summed E-state index contributed by atoms with van der Waals surface area (Å²) in [6.07, 6.45) is 4.54. The van der Waals surface area contributed by atoms with Gasteiger partial charge in [-0.1, -0.05) is 6.07 Å². The molecule has 0 fully saturated rings. The molecule has 0 aliphatic heterocycles. The molecular weight excluding hydrogens is 212 g/mol. The van der Waals surface area contributed by atoms with Crippen LogP contribution in [0.1, 0.15) is 13.8 Å². The van der Waals surface area contributed by atoms with Gasteiger partial charge in [0.25, 0.3) is 0 Å². The summed E-state index contributed by atoms with van der Waals surface area (Å²) in [5.74, 6) is 0.937. The maximum atomic E-state index is 5.63. The fourth-order valence-electron chi connectivity index (χ4n) is 1.13. The van der Waals surface area contributed by atoms with Gasteiger partial charge in [0.15, 0.2) is 0 Å². The van der Waals surface area contributed by atoms with E-state index in [2.05, 4.69) is 36.3 Å². The third-order valence-electron chi connectivity index (χ3n) is 1.75. The van der Waals surface area contributed by atoms with E-state index in [0.717, 1.165) is 5.75 Å². The summed E-state index contributed by atoms with van der Waals surface area (Å²) in [7, 11) is -0.947. The van der Waals surface area contributed by atoms with Gasteiger partial charge in [-0.3, -0.25) is 0 Å². The van der Waals surface area contributed by atoms with Gasteiger partial charge in [-0.2, -0.15) is 9.06 Å². The zero-order chi connectivity index (χ0) is 10.8. The van der Waals surface area contributed by atoms with E-state index in [-0.39, 0.29) is 6.10 Å². The summed E-state index contributed by atoms with van der Waals surface area (Å²) >= 11 is 4.61. The normalized spacial score (nSPS) is 13.0. The van der Waals surface area contributed by atoms with Crippen molar-refractivity contribution in [2.24, 2.45) is 0 Å². The first-order valence-corrected chi connectivity index (χ1v) is 8.12. The van der Waals surface area contributed by atoms with Crippen LogP contribution in [0.4, 0.5) is 0 Å². The van der Waals surface area contributed by atoms with Gasteiger partial charge >= 0.3 is 0 Å². The topological polar surface area (TPSA) is 9.23 Å². The highest BCUT2D eigenvalue weighted by Crippen LogP contribution is 2.53.